The van der Waals surface area contributed by atoms with E-state index in [2.05, 4.69) is 12.1 Å². The van der Waals surface area contributed by atoms with Gasteiger partial charge in [-0.2, -0.15) is 10.5 Å². The Bertz CT molecular complexity index is 2230. The van der Waals surface area contributed by atoms with Gasteiger partial charge in [0.1, 0.15) is 23.3 Å². The van der Waals surface area contributed by atoms with Crippen LogP contribution in [-0.2, 0) is 21.3 Å². The van der Waals surface area contributed by atoms with Gasteiger partial charge in [0.15, 0.2) is 9.84 Å². The van der Waals surface area contributed by atoms with E-state index in [-0.39, 0.29) is 11.1 Å². The Morgan fingerprint density at radius 3 is 1.33 bits per heavy atom. The minimum absolute atomic E-state index is 0.0427. The minimum Gasteiger partial charge on any atom is -0.228 e. The lowest BCUT2D eigenvalue weighted by atomic mass is 9.92. The van der Waals surface area contributed by atoms with Crippen molar-refractivity contribution in [2.24, 2.45) is 0 Å². The first kappa shape index (κ1) is 33.4. The summed E-state index contributed by atoms with van der Waals surface area (Å²) in [5, 5.41) is 18.5. The fraction of sp³-hybridized carbons (Fsp3) is 0.150. The summed E-state index contributed by atoms with van der Waals surface area (Å²) in [6.07, 6.45) is 8.16. The van der Waals surface area contributed by atoms with Gasteiger partial charge in [0.05, 0.1) is 34.8 Å². The third kappa shape index (κ3) is 6.63. The molecule has 0 amide bonds. The average molecular weight is 677 g/mol. The molecule has 0 spiro atoms. The maximum absolute atomic E-state index is 15.5. The van der Waals surface area contributed by atoms with Gasteiger partial charge in [-0.25, -0.2) is 26.0 Å². The minimum atomic E-state index is -4.28. The normalized spacial score (nSPS) is 14.1. The molecule has 2 aliphatic carbocycles. The monoisotopic (exact) mass is 676 g/mol. The number of nitriles is 2. The molecule has 0 bridgehead atoms. The number of sulfone groups is 1. The van der Waals surface area contributed by atoms with E-state index in [0.717, 1.165) is 46.5 Å². The molecule has 0 aliphatic heterocycles. The molecule has 4 aromatic rings. The van der Waals surface area contributed by atoms with Gasteiger partial charge in [0.25, 0.3) is 0 Å². The van der Waals surface area contributed by atoms with Crippen molar-refractivity contribution < 1.29 is 26.0 Å². The van der Waals surface area contributed by atoms with Crippen LogP contribution < -0.4 is 0 Å². The lowest BCUT2D eigenvalue weighted by molar-refractivity contribution is 0.570. The van der Waals surface area contributed by atoms with Gasteiger partial charge < -0.3 is 0 Å². The van der Waals surface area contributed by atoms with Crippen LogP contribution in [0.1, 0.15) is 68.5 Å². The summed E-state index contributed by atoms with van der Waals surface area (Å²) in [4.78, 5) is 0. The molecule has 9 heteroatoms. The summed E-state index contributed by atoms with van der Waals surface area (Å²) in [5.74, 6) is -5.41. The number of aryl methyl sites for hydroxylation is 2. The molecule has 2 aliphatic rings. The number of allylic oxidation sites excluding steroid dienone is 8. The molecule has 0 fully saturated rings. The number of halogens is 4. The lowest BCUT2D eigenvalue weighted by Crippen LogP contribution is -2.12. The maximum Gasteiger partial charge on any atom is 0.158 e. The average Bonchev–Trinajstić information content (AvgIpc) is 3.74. The molecule has 0 atom stereocenters. The van der Waals surface area contributed by atoms with Crippen molar-refractivity contribution in [1.82, 2.24) is 0 Å². The van der Waals surface area contributed by atoms with Gasteiger partial charge in [-0.15, -0.1) is 0 Å². The second kappa shape index (κ2) is 13.2. The smallest absolute Gasteiger partial charge is 0.158 e. The van der Waals surface area contributed by atoms with Gasteiger partial charge in [-0.1, -0.05) is 48.6 Å². The molecule has 244 valence electrons. The van der Waals surface area contributed by atoms with E-state index >= 15 is 17.6 Å². The molecule has 0 N–H and O–H groups in total. The van der Waals surface area contributed by atoms with Crippen molar-refractivity contribution in [3.8, 4) is 12.1 Å². The van der Waals surface area contributed by atoms with Crippen LogP contribution >= 0.6 is 0 Å². The largest absolute Gasteiger partial charge is 0.228 e. The summed E-state index contributed by atoms with van der Waals surface area (Å²) in [7, 11) is -4.28. The number of benzene rings is 4. The third-order valence-electron chi connectivity index (χ3n) is 8.79. The topological polar surface area (TPSA) is 81.7 Å². The lowest BCUT2D eigenvalue weighted by Gasteiger charge is -2.15. The Hall–Kier alpha value is -5.51. The van der Waals surface area contributed by atoms with Crippen molar-refractivity contribution in [2.45, 2.75) is 38.2 Å². The Kier molecular flexibility index (Phi) is 8.98. The molecule has 0 aromatic heterocycles. The maximum atomic E-state index is 15.5. The zero-order valence-corrected chi connectivity index (χ0v) is 27.4. The molecular weight excluding hydrogens is 649 g/mol. The number of nitrogens with zero attached hydrogens (tertiary/aromatic N) is 2. The molecule has 0 saturated carbocycles. The van der Waals surface area contributed by atoms with Crippen LogP contribution in [-0.4, -0.2) is 8.42 Å². The zero-order chi connectivity index (χ0) is 35.0. The highest BCUT2D eigenvalue weighted by Crippen LogP contribution is 2.40. The fourth-order valence-corrected chi connectivity index (χ4v) is 7.83. The van der Waals surface area contributed by atoms with E-state index < -0.39 is 55.7 Å². The van der Waals surface area contributed by atoms with Crippen LogP contribution in [0.3, 0.4) is 0 Å². The molecule has 6 rings (SSSR count). The molecule has 4 nitrogen and oxygen atoms in total. The first-order valence-corrected chi connectivity index (χ1v) is 17.2. The van der Waals surface area contributed by atoms with Crippen molar-refractivity contribution in [3.63, 3.8) is 0 Å². The Balaban J connectivity index is 1.21. The van der Waals surface area contributed by atoms with Gasteiger partial charge in [0.2, 0.25) is 0 Å². The fourth-order valence-electron chi connectivity index (χ4n) is 6.33. The Morgan fingerprint density at radius 2 is 0.959 bits per heavy atom. The predicted octanol–water partition coefficient (Wildman–Crippen LogP) is 9.46. The van der Waals surface area contributed by atoms with Crippen molar-refractivity contribution >= 4 is 32.1 Å². The Morgan fingerprint density at radius 1 is 0.571 bits per heavy atom. The highest BCUT2D eigenvalue weighted by molar-refractivity contribution is 7.89. The van der Waals surface area contributed by atoms with Crippen LogP contribution in [0.25, 0.3) is 22.3 Å². The van der Waals surface area contributed by atoms with Crippen LogP contribution in [0.5, 0.6) is 0 Å². The number of rotatable bonds is 8. The quantitative estimate of drug-likeness (QED) is 0.174. The van der Waals surface area contributed by atoms with Crippen molar-refractivity contribution in [1.29, 1.82) is 10.5 Å². The zero-order valence-electron chi connectivity index (χ0n) is 26.5. The van der Waals surface area contributed by atoms with Gasteiger partial charge >= 0.3 is 0 Å². The van der Waals surface area contributed by atoms with Crippen molar-refractivity contribution in [2.75, 3.05) is 0 Å². The second-order valence-corrected chi connectivity index (χ2v) is 14.2. The van der Waals surface area contributed by atoms with E-state index in [1.165, 1.54) is 0 Å². The molecule has 0 heterocycles. The molecular formula is C40H28F4N2O2S. The summed E-state index contributed by atoms with van der Waals surface area (Å²) in [5.41, 5.74) is 5.20. The van der Waals surface area contributed by atoms with Crippen molar-refractivity contribution in [3.05, 3.63) is 164 Å². The van der Waals surface area contributed by atoms with E-state index in [9.17, 15) is 18.9 Å². The third-order valence-corrected chi connectivity index (χ3v) is 10.3. The second-order valence-electron chi connectivity index (χ2n) is 12.1. The molecule has 49 heavy (non-hydrogen) atoms. The van der Waals surface area contributed by atoms with E-state index in [1.807, 2.05) is 12.2 Å². The van der Waals surface area contributed by atoms with Crippen LogP contribution in [0.4, 0.5) is 17.6 Å². The molecule has 0 saturated heterocycles. The van der Waals surface area contributed by atoms with Gasteiger partial charge in [-0.05, 0) is 108 Å². The predicted molar refractivity (Wildman–Crippen MR) is 182 cm³/mol. The van der Waals surface area contributed by atoms with Gasteiger partial charge in [0, 0.05) is 22.3 Å². The Labute approximate surface area is 282 Å². The standard InChI is InChI=1S/C40H28F4N2O2S/c1-23-13-25(9-11-27(23)19-45)31-5-3-7-33(31)35-17-37(41)29(15-39(35)43)21-49(47,48)22-30-16-40(44)36(18-38(30)42)34-8-4-6-32(34)26-10-12-28(20-46)24(2)14-26/h5-18H,3-4,21-22H2,1-2H3. The van der Waals surface area contributed by atoms with E-state index in [4.69, 9.17) is 0 Å². The molecule has 4 aromatic carbocycles. The molecule has 0 radical (unpaired) electrons. The molecule has 0 unspecified atom stereocenters. The van der Waals surface area contributed by atoms with Gasteiger partial charge in [-0.3, -0.25) is 0 Å². The number of hydrogen-bond donors (Lipinski definition) is 0. The van der Waals surface area contributed by atoms with Crippen LogP contribution in [0.15, 0.2) is 85.0 Å². The highest BCUT2D eigenvalue weighted by atomic mass is 32.2. The van der Waals surface area contributed by atoms with Crippen LogP contribution in [0.2, 0.25) is 0 Å². The van der Waals surface area contributed by atoms with E-state index in [0.29, 0.717) is 46.3 Å². The summed E-state index contributed by atoms with van der Waals surface area (Å²) < 4.78 is 88.1. The first-order chi connectivity index (χ1) is 23.4. The summed E-state index contributed by atoms with van der Waals surface area (Å²) in [6, 6.07) is 18.1. The van der Waals surface area contributed by atoms with Crippen LogP contribution in [0, 0.1) is 59.8 Å². The summed E-state index contributed by atoms with van der Waals surface area (Å²) in [6.45, 7) is 3.57. The SMILES string of the molecule is Cc1cc(C2=CCC=C2c2cc(F)c(CS(=O)(=O)Cc3cc(F)c(C4=CCC=C4c4ccc(C#N)c(C)c4)cc3F)cc2F)ccc1C#N. The first-order valence-electron chi connectivity index (χ1n) is 15.4. The number of hydrogen-bond acceptors (Lipinski definition) is 4. The summed E-state index contributed by atoms with van der Waals surface area (Å²) >= 11 is 0. The highest BCUT2D eigenvalue weighted by Gasteiger charge is 2.25. The van der Waals surface area contributed by atoms with E-state index in [1.54, 1.807) is 62.4 Å².